The lowest BCUT2D eigenvalue weighted by Gasteiger charge is -2.11. The number of anilines is 1. The number of aromatic nitrogens is 2. The molecule has 2 rings (SSSR count). The molecule has 1 amide bonds. The van der Waals surface area contributed by atoms with E-state index < -0.39 is 0 Å². The van der Waals surface area contributed by atoms with Crippen molar-refractivity contribution >= 4 is 29.0 Å². The van der Waals surface area contributed by atoms with Gasteiger partial charge in [0.15, 0.2) is 5.96 Å². The third-order valence-electron chi connectivity index (χ3n) is 3.44. The van der Waals surface area contributed by atoms with E-state index in [4.69, 9.17) is 0 Å². The van der Waals surface area contributed by atoms with Gasteiger partial charge in [-0.2, -0.15) is 0 Å². The molecule has 0 fully saturated rings. The quantitative estimate of drug-likeness (QED) is 0.542. The zero-order chi connectivity index (χ0) is 18.2. The lowest BCUT2D eigenvalue weighted by atomic mass is 10.3. The Kier molecular flexibility index (Phi) is 6.88. The average Bonchev–Trinajstić information content (AvgIpc) is 2.88. The number of thiazole rings is 1. The van der Waals surface area contributed by atoms with Crippen LogP contribution in [0.1, 0.15) is 27.7 Å². The molecule has 25 heavy (non-hydrogen) atoms. The van der Waals surface area contributed by atoms with Crippen molar-refractivity contribution in [3.05, 3.63) is 39.5 Å². The highest BCUT2D eigenvalue weighted by Gasteiger charge is 2.07. The molecule has 7 nitrogen and oxygen atoms in total. The molecule has 2 aromatic rings. The summed E-state index contributed by atoms with van der Waals surface area (Å²) < 4.78 is 0. The van der Waals surface area contributed by atoms with E-state index in [0.717, 1.165) is 16.4 Å². The van der Waals surface area contributed by atoms with Gasteiger partial charge >= 0.3 is 0 Å². The van der Waals surface area contributed by atoms with Gasteiger partial charge in [0, 0.05) is 30.6 Å². The van der Waals surface area contributed by atoms with E-state index in [1.807, 2.05) is 32.9 Å². The van der Waals surface area contributed by atoms with E-state index in [1.54, 1.807) is 24.5 Å². The Morgan fingerprint density at radius 1 is 1.20 bits per heavy atom. The number of aliphatic imine (C=N–C) groups is 1. The first-order chi connectivity index (χ1) is 12.0. The second kappa shape index (κ2) is 9.12. The molecular formula is C17H24N6OS. The highest BCUT2D eigenvalue weighted by Crippen LogP contribution is 2.16. The van der Waals surface area contributed by atoms with E-state index in [9.17, 15) is 4.79 Å². The van der Waals surface area contributed by atoms with Crippen molar-refractivity contribution in [3.63, 3.8) is 0 Å². The molecule has 0 aromatic carbocycles. The number of rotatable bonds is 6. The Hall–Kier alpha value is -2.48. The van der Waals surface area contributed by atoms with Crippen LogP contribution in [0.15, 0.2) is 23.2 Å². The molecule has 3 N–H and O–H groups in total. The Labute approximate surface area is 152 Å². The maximum absolute atomic E-state index is 12.0. The van der Waals surface area contributed by atoms with Crippen molar-refractivity contribution in [1.29, 1.82) is 0 Å². The first-order valence-electron chi connectivity index (χ1n) is 8.09. The maximum Gasteiger partial charge on any atom is 0.227 e. The van der Waals surface area contributed by atoms with E-state index in [2.05, 4.69) is 30.9 Å². The molecule has 0 aliphatic heterocycles. The van der Waals surface area contributed by atoms with Crippen LogP contribution in [0, 0.1) is 20.8 Å². The van der Waals surface area contributed by atoms with Crippen molar-refractivity contribution in [2.45, 2.75) is 33.7 Å². The number of pyridine rings is 1. The molecule has 134 valence electrons. The average molecular weight is 360 g/mol. The molecule has 0 aliphatic rings. The van der Waals surface area contributed by atoms with Crippen LogP contribution < -0.4 is 16.0 Å². The van der Waals surface area contributed by atoms with E-state index in [0.29, 0.717) is 31.3 Å². The van der Waals surface area contributed by atoms with Crippen LogP contribution in [0.5, 0.6) is 0 Å². The van der Waals surface area contributed by atoms with Gasteiger partial charge in [-0.15, -0.1) is 11.3 Å². The third-order valence-corrected chi connectivity index (χ3v) is 4.51. The van der Waals surface area contributed by atoms with Crippen LogP contribution >= 0.6 is 11.3 Å². The van der Waals surface area contributed by atoms with Gasteiger partial charge in [0.2, 0.25) is 5.91 Å². The molecule has 0 unspecified atom stereocenters. The molecule has 0 aliphatic carbocycles. The fraction of sp³-hybridized carbons (Fsp3) is 0.412. The first-order valence-corrected chi connectivity index (χ1v) is 8.90. The zero-order valence-corrected chi connectivity index (χ0v) is 15.8. The number of nitrogens with zero attached hydrogens (tertiary/aromatic N) is 3. The molecule has 0 bridgehead atoms. The van der Waals surface area contributed by atoms with Crippen LogP contribution in [0.2, 0.25) is 0 Å². The number of hydrogen-bond acceptors (Lipinski definition) is 5. The Morgan fingerprint density at radius 3 is 2.64 bits per heavy atom. The molecule has 2 aromatic heterocycles. The van der Waals surface area contributed by atoms with E-state index in [1.165, 1.54) is 4.88 Å². The summed E-state index contributed by atoms with van der Waals surface area (Å²) in [7, 11) is 1.71. The summed E-state index contributed by atoms with van der Waals surface area (Å²) in [6, 6.07) is 5.53. The van der Waals surface area contributed by atoms with Crippen molar-refractivity contribution in [3.8, 4) is 0 Å². The van der Waals surface area contributed by atoms with Gasteiger partial charge in [-0.1, -0.05) is 6.07 Å². The molecule has 8 heteroatoms. The molecular weight excluding hydrogens is 336 g/mol. The minimum absolute atomic E-state index is 0.0880. The molecule has 0 atom stereocenters. The molecule has 0 radical (unpaired) electrons. The Balaban J connectivity index is 1.73. The fourth-order valence-corrected chi connectivity index (χ4v) is 3.11. The SMILES string of the molecule is CN=C(NCCC(=O)Nc1cccc(C)n1)NCc1sc(C)nc1C. The minimum Gasteiger partial charge on any atom is -0.356 e. The van der Waals surface area contributed by atoms with Crippen LogP contribution in [0.4, 0.5) is 5.82 Å². The Bertz CT molecular complexity index is 755. The van der Waals surface area contributed by atoms with Gasteiger partial charge in [0.05, 0.1) is 17.2 Å². The van der Waals surface area contributed by atoms with Gasteiger partial charge < -0.3 is 16.0 Å². The first kappa shape index (κ1) is 18.9. The molecule has 2 heterocycles. The zero-order valence-electron chi connectivity index (χ0n) is 15.0. The second-order valence-electron chi connectivity index (χ2n) is 5.56. The predicted octanol–water partition coefficient (Wildman–Crippen LogP) is 2.16. The lowest BCUT2D eigenvalue weighted by Crippen LogP contribution is -2.38. The van der Waals surface area contributed by atoms with E-state index >= 15 is 0 Å². The number of nitrogens with one attached hydrogen (secondary N) is 3. The summed E-state index contributed by atoms with van der Waals surface area (Å²) in [6.07, 6.45) is 0.328. The van der Waals surface area contributed by atoms with Gasteiger partial charge in [-0.3, -0.25) is 9.79 Å². The molecule has 0 saturated carbocycles. The topological polar surface area (TPSA) is 91.3 Å². The number of carbonyl (C=O) groups is 1. The van der Waals surface area contributed by atoms with Gasteiger partial charge in [0.1, 0.15) is 5.82 Å². The number of guanidine groups is 1. The van der Waals surface area contributed by atoms with Crippen LogP contribution in [-0.4, -0.2) is 35.4 Å². The lowest BCUT2D eigenvalue weighted by molar-refractivity contribution is -0.116. The molecule has 0 spiro atoms. The largest absolute Gasteiger partial charge is 0.356 e. The van der Waals surface area contributed by atoms with E-state index in [-0.39, 0.29) is 5.91 Å². The van der Waals surface area contributed by atoms with Crippen LogP contribution in [0.25, 0.3) is 0 Å². The van der Waals surface area contributed by atoms with Crippen molar-refractivity contribution in [2.75, 3.05) is 18.9 Å². The monoisotopic (exact) mass is 360 g/mol. The minimum atomic E-state index is -0.0880. The summed E-state index contributed by atoms with van der Waals surface area (Å²) >= 11 is 1.67. The van der Waals surface area contributed by atoms with Crippen molar-refractivity contribution < 1.29 is 4.79 Å². The van der Waals surface area contributed by atoms with Gasteiger partial charge in [-0.25, -0.2) is 9.97 Å². The highest BCUT2D eigenvalue weighted by atomic mass is 32.1. The number of carbonyl (C=O) groups excluding carboxylic acids is 1. The highest BCUT2D eigenvalue weighted by molar-refractivity contribution is 7.11. The predicted molar refractivity (Wildman–Crippen MR) is 102 cm³/mol. The standard InChI is InChI=1S/C17H24N6OS/c1-11-6-5-7-15(21-11)23-16(24)8-9-19-17(18-4)20-10-14-12(2)22-13(3)25-14/h5-7H,8-10H2,1-4H3,(H2,18,19,20)(H,21,23,24). The summed E-state index contributed by atoms with van der Waals surface area (Å²) in [4.78, 5) is 26.0. The summed E-state index contributed by atoms with van der Waals surface area (Å²) in [6.45, 7) is 7.03. The smallest absolute Gasteiger partial charge is 0.227 e. The van der Waals surface area contributed by atoms with Gasteiger partial charge in [0.25, 0.3) is 0 Å². The summed E-state index contributed by atoms with van der Waals surface area (Å²) in [5.41, 5.74) is 1.91. The Morgan fingerprint density at radius 2 is 2.00 bits per heavy atom. The summed E-state index contributed by atoms with van der Waals surface area (Å²) in [5, 5.41) is 10.2. The normalized spacial score (nSPS) is 11.3. The molecule has 0 saturated heterocycles. The number of hydrogen-bond donors (Lipinski definition) is 3. The summed E-state index contributed by atoms with van der Waals surface area (Å²) in [5.74, 6) is 1.14. The fourth-order valence-electron chi connectivity index (χ4n) is 2.23. The van der Waals surface area contributed by atoms with Crippen LogP contribution in [-0.2, 0) is 11.3 Å². The van der Waals surface area contributed by atoms with Crippen LogP contribution in [0.3, 0.4) is 0 Å². The van der Waals surface area contributed by atoms with Crippen molar-refractivity contribution in [2.24, 2.45) is 4.99 Å². The number of amides is 1. The van der Waals surface area contributed by atoms with Crippen molar-refractivity contribution in [1.82, 2.24) is 20.6 Å². The number of aryl methyl sites for hydroxylation is 3. The maximum atomic E-state index is 12.0. The van der Waals surface area contributed by atoms with Gasteiger partial charge in [-0.05, 0) is 32.9 Å². The third kappa shape index (κ3) is 6.15. The second-order valence-corrected chi connectivity index (χ2v) is 6.84.